The summed E-state index contributed by atoms with van der Waals surface area (Å²) >= 11 is 6.51. The second-order valence-corrected chi connectivity index (χ2v) is 9.33. The van der Waals surface area contributed by atoms with Gasteiger partial charge in [0, 0.05) is 10.7 Å². The zero-order valence-corrected chi connectivity index (χ0v) is 22.1. The van der Waals surface area contributed by atoms with Crippen LogP contribution in [0.3, 0.4) is 0 Å². The Balaban J connectivity index is 1.59. The Labute approximate surface area is 225 Å². The maximum absolute atomic E-state index is 13.2. The Bertz CT molecular complexity index is 1250. The van der Waals surface area contributed by atoms with Gasteiger partial charge in [-0.25, -0.2) is 9.59 Å². The number of nitrogens with zero attached hydrogens (tertiary/aromatic N) is 1. The van der Waals surface area contributed by atoms with Gasteiger partial charge >= 0.3 is 11.9 Å². The first kappa shape index (κ1) is 27.3. The molecule has 0 aromatic heterocycles. The summed E-state index contributed by atoms with van der Waals surface area (Å²) in [7, 11) is 1.27. The van der Waals surface area contributed by atoms with Crippen molar-refractivity contribution in [3.05, 3.63) is 81.7 Å². The molecule has 1 N–H and O–H groups in total. The van der Waals surface area contributed by atoms with Crippen LogP contribution in [0.1, 0.15) is 25.3 Å². The number of carbonyl (C=O) groups excluding carboxylic acids is 4. The number of rotatable bonds is 9. The standard InChI is InChI=1S/C28H29ClN2O7/c1-4-38-28(35)24-21(15-37-14-13-31-25(32)17-9-5-6-10-18(17)26(31)33)30-16(2)22(27(34)36-3)23(24)19-11-7-8-12-20(19)29/h5-12,17-18,23,30H,4,13-15H2,1-3H3. The first-order chi connectivity index (χ1) is 18.3. The smallest absolute Gasteiger partial charge is 0.336 e. The molecule has 4 rings (SSSR count). The molecule has 0 saturated carbocycles. The van der Waals surface area contributed by atoms with Gasteiger partial charge in [0.1, 0.15) is 0 Å². The molecule has 10 heteroatoms. The lowest BCUT2D eigenvalue weighted by atomic mass is 9.80. The van der Waals surface area contributed by atoms with E-state index < -0.39 is 29.7 Å². The lowest BCUT2D eigenvalue weighted by Gasteiger charge is -2.31. The van der Waals surface area contributed by atoms with Crippen molar-refractivity contribution in [2.24, 2.45) is 11.8 Å². The van der Waals surface area contributed by atoms with Crippen molar-refractivity contribution in [2.45, 2.75) is 19.8 Å². The molecule has 1 aromatic rings. The zero-order chi connectivity index (χ0) is 27.4. The average molecular weight is 541 g/mol. The average Bonchev–Trinajstić information content (AvgIpc) is 3.15. The van der Waals surface area contributed by atoms with Gasteiger partial charge in [0.05, 0.1) is 68.1 Å². The molecule has 38 heavy (non-hydrogen) atoms. The number of ether oxygens (including phenoxy) is 3. The molecule has 3 aliphatic rings. The SMILES string of the molecule is CCOC(=O)C1=C(COCCN2C(=O)C3C=CC=CC3C2=O)NC(C)=C(C(=O)OC)C1c1ccccc1Cl. The van der Waals surface area contributed by atoms with Gasteiger partial charge in [-0.15, -0.1) is 0 Å². The number of nitrogens with one attached hydrogen (secondary N) is 1. The monoisotopic (exact) mass is 540 g/mol. The Morgan fingerprint density at radius 3 is 2.29 bits per heavy atom. The lowest BCUT2D eigenvalue weighted by Crippen LogP contribution is -2.36. The van der Waals surface area contributed by atoms with E-state index in [0.717, 1.165) is 0 Å². The minimum absolute atomic E-state index is 0.0506. The summed E-state index contributed by atoms with van der Waals surface area (Å²) < 4.78 is 16.2. The molecule has 1 aromatic carbocycles. The third-order valence-electron chi connectivity index (χ3n) is 6.70. The van der Waals surface area contributed by atoms with Crippen LogP contribution >= 0.6 is 11.6 Å². The van der Waals surface area contributed by atoms with Crippen molar-refractivity contribution in [1.29, 1.82) is 0 Å². The van der Waals surface area contributed by atoms with E-state index >= 15 is 0 Å². The summed E-state index contributed by atoms with van der Waals surface area (Å²) in [5.74, 6) is -3.59. The second kappa shape index (κ2) is 11.8. The molecule has 1 saturated heterocycles. The molecule has 1 aliphatic carbocycles. The van der Waals surface area contributed by atoms with E-state index in [1.54, 1.807) is 62.4 Å². The number of esters is 2. The van der Waals surface area contributed by atoms with E-state index in [4.69, 9.17) is 25.8 Å². The van der Waals surface area contributed by atoms with E-state index in [9.17, 15) is 19.2 Å². The molecule has 200 valence electrons. The molecular formula is C28H29ClN2O7. The first-order valence-electron chi connectivity index (χ1n) is 12.3. The van der Waals surface area contributed by atoms with Crippen LogP contribution in [0.15, 0.2) is 71.1 Å². The van der Waals surface area contributed by atoms with Crippen molar-refractivity contribution < 1.29 is 33.4 Å². The maximum Gasteiger partial charge on any atom is 0.336 e. The summed E-state index contributed by atoms with van der Waals surface area (Å²) in [4.78, 5) is 52.6. The van der Waals surface area contributed by atoms with Crippen LogP contribution in [0.4, 0.5) is 0 Å². The van der Waals surface area contributed by atoms with Crippen LogP contribution in [0.25, 0.3) is 0 Å². The molecular weight excluding hydrogens is 512 g/mol. The Morgan fingerprint density at radius 2 is 1.68 bits per heavy atom. The third-order valence-corrected chi connectivity index (χ3v) is 7.05. The molecule has 2 amide bonds. The number of likely N-dealkylation sites (tertiary alicyclic amines) is 1. The summed E-state index contributed by atoms with van der Waals surface area (Å²) in [5, 5.41) is 3.47. The summed E-state index contributed by atoms with van der Waals surface area (Å²) in [6, 6.07) is 6.92. The number of methoxy groups -OCH3 is 1. The fraction of sp³-hybridized carbons (Fsp3) is 0.357. The fourth-order valence-corrected chi connectivity index (χ4v) is 5.20. The number of amides is 2. The largest absolute Gasteiger partial charge is 0.466 e. The van der Waals surface area contributed by atoms with Gasteiger partial charge < -0.3 is 19.5 Å². The number of hydrogen-bond donors (Lipinski definition) is 1. The third kappa shape index (κ3) is 5.16. The van der Waals surface area contributed by atoms with Crippen LogP contribution in [0, 0.1) is 11.8 Å². The molecule has 2 aliphatic heterocycles. The number of halogens is 1. The van der Waals surface area contributed by atoms with Gasteiger partial charge in [0.25, 0.3) is 0 Å². The Hall–Kier alpha value is -3.69. The number of benzene rings is 1. The van der Waals surface area contributed by atoms with E-state index in [0.29, 0.717) is 22.0 Å². The van der Waals surface area contributed by atoms with Crippen LogP contribution in [-0.4, -0.2) is 62.1 Å². The predicted molar refractivity (Wildman–Crippen MR) is 139 cm³/mol. The van der Waals surface area contributed by atoms with E-state index in [2.05, 4.69) is 5.32 Å². The van der Waals surface area contributed by atoms with E-state index in [-0.39, 0.29) is 49.3 Å². The molecule has 3 unspecified atom stereocenters. The minimum Gasteiger partial charge on any atom is -0.466 e. The van der Waals surface area contributed by atoms with Crippen molar-refractivity contribution in [1.82, 2.24) is 10.2 Å². The maximum atomic E-state index is 13.2. The normalized spacial score (nSPS) is 22.5. The van der Waals surface area contributed by atoms with Crippen molar-refractivity contribution in [3.63, 3.8) is 0 Å². The van der Waals surface area contributed by atoms with Gasteiger partial charge in [-0.1, -0.05) is 54.1 Å². The lowest BCUT2D eigenvalue weighted by molar-refractivity contribution is -0.141. The first-order valence-corrected chi connectivity index (χ1v) is 12.7. The molecule has 0 spiro atoms. The number of carbonyl (C=O) groups is 4. The quantitative estimate of drug-likeness (QED) is 0.289. The summed E-state index contributed by atoms with van der Waals surface area (Å²) in [5.41, 5.74) is 1.79. The Kier molecular flexibility index (Phi) is 8.48. The topological polar surface area (TPSA) is 111 Å². The van der Waals surface area contributed by atoms with Crippen molar-refractivity contribution in [2.75, 3.05) is 33.5 Å². The van der Waals surface area contributed by atoms with Crippen LogP contribution in [0.5, 0.6) is 0 Å². The highest BCUT2D eigenvalue weighted by Crippen LogP contribution is 2.42. The van der Waals surface area contributed by atoms with Crippen LogP contribution in [0.2, 0.25) is 5.02 Å². The van der Waals surface area contributed by atoms with Crippen LogP contribution in [-0.2, 0) is 33.4 Å². The Morgan fingerprint density at radius 1 is 1.03 bits per heavy atom. The molecule has 2 heterocycles. The van der Waals surface area contributed by atoms with Gasteiger partial charge in [-0.2, -0.15) is 0 Å². The van der Waals surface area contributed by atoms with Crippen molar-refractivity contribution in [3.8, 4) is 0 Å². The zero-order valence-electron chi connectivity index (χ0n) is 21.4. The van der Waals surface area contributed by atoms with E-state index in [1.807, 2.05) is 0 Å². The second-order valence-electron chi connectivity index (χ2n) is 8.92. The molecule has 1 fully saturated rings. The highest BCUT2D eigenvalue weighted by Gasteiger charge is 2.45. The highest BCUT2D eigenvalue weighted by atomic mass is 35.5. The number of dihydropyridines is 1. The minimum atomic E-state index is -0.863. The predicted octanol–water partition coefficient (Wildman–Crippen LogP) is 3.03. The summed E-state index contributed by atoms with van der Waals surface area (Å²) in [6.45, 7) is 3.56. The van der Waals surface area contributed by atoms with Gasteiger partial charge in [0.2, 0.25) is 11.8 Å². The van der Waals surface area contributed by atoms with Gasteiger partial charge in [-0.05, 0) is 25.5 Å². The van der Waals surface area contributed by atoms with E-state index in [1.165, 1.54) is 12.0 Å². The number of hydrogen-bond acceptors (Lipinski definition) is 8. The fourth-order valence-electron chi connectivity index (χ4n) is 4.96. The highest BCUT2D eigenvalue weighted by molar-refractivity contribution is 6.31. The van der Waals surface area contributed by atoms with Gasteiger partial charge in [0.15, 0.2) is 0 Å². The molecule has 3 atom stereocenters. The molecule has 0 bridgehead atoms. The number of fused-ring (bicyclic) bond motifs is 1. The number of imide groups is 1. The summed E-state index contributed by atoms with van der Waals surface area (Å²) in [6.07, 6.45) is 6.99. The van der Waals surface area contributed by atoms with Crippen LogP contribution < -0.4 is 5.32 Å². The number of allylic oxidation sites excluding steroid dienone is 3. The van der Waals surface area contributed by atoms with Crippen molar-refractivity contribution >= 4 is 35.4 Å². The molecule has 9 nitrogen and oxygen atoms in total. The molecule has 0 radical (unpaired) electrons. The van der Waals surface area contributed by atoms with Gasteiger partial charge in [-0.3, -0.25) is 14.5 Å².